The van der Waals surface area contributed by atoms with Crippen molar-refractivity contribution in [3.05, 3.63) is 47.0 Å². The van der Waals surface area contributed by atoms with E-state index in [-0.39, 0.29) is 0 Å². The fourth-order valence-corrected chi connectivity index (χ4v) is 2.19. The number of nitrogens with one attached hydrogen (secondary N) is 1. The van der Waals surface area contributed by atoms with Gasteiger partial charge in [-0.25, -0.2) is 4.98 Å². The Kier molecular flexibility index (Phi) is 5.44. The molecule has 1 aromatic heterocycles. The zero-order chi connectivity index (χ0) is 14.4. The van der Waals surface area contributed by atoms with Crippen molar-refractivity contribution < 1.29 is 4.74 Å². The standard InChI is InChI=1S/C15H20ClN3O/c1-3-17-8-12-7-13(16)5-6-15(12)20-10-14-9-18-11-19(14)4-2/h5-7,9,11,17H,3-4,8,10H2,1-2H3. The van der Waals surface area contributed by atoms with Gasteiger partial charge in [-0.1, -0.05) is 18.5 Å². The van der Waals surface area contributed by atoms with Gasteiger partial charge in [0.15, 0.2) is 0 Å². The molecule has 0 aliphatic heterocycles. The van der Waals surface area contributed by atoms with Gasteiger partial charge in [-0.15, -0.1) is 0 Å². The Bertz CT molecular complexity index is 554. The van der Waals surface area contributed by atoms with Crippen molar-refractivity contribution in [1.82, 2.24) is 14.9 Å². The van der Waals surface area contributed by atoms with Crippen LogP contribution < -0.4 is 10.1 Å². The predicted octanol–water partition coefficient (Wildman–Crippen LogP) is 3.24. The second kappa shape index (κ2) is 7.31. The summed E-state index contributed by atoms with van der Waals surface area (Å²) in [4.78, 5) is 4.14. The molecule has 0 unspecified atom stereocenters. The van der Waals surface area contributed by atoms with Crippen LogP contribution in [0.3, 0.4) is 0 Å². The van der Waals surface area contributed by atoms with Crippen LogP contribution >= 0.6 is 11.6 Å². The molecule has 1 N–H and O–H groups in total. The fraction of sp³-hybridized carbons (Fsp3) is 0.400. The maximum atomic E-state index is 6.05. The summed E-state index contributed by atoms with van der Waals surface area (Å²) in [7, 11) is 0. The van der Waals surface area contributed by atoms with Crippen molar-refractivity contribution in [1.29, 1.82) is 0 Å². The summed E-state index contributed by atoms with van der Waals surface area (Å²) in [5.74, 6) is 0.860. The van der Waals surface area contributed by atoms with Gasteiger partial charge in [-0.2, -0.15) is 0 Å². The average molecular weight is 294 g/mol. The zero-order valence-electron chi connectivity index (χ0n) is 11.9. The molecule has 0 aliphatic carbocycles. The van der Waals surface area contributed by atoms with E-state index in [9.17, 15) is 0 Å². The first kappa shape index (κ1) is 14.9. The summed E-state index contributed by atoms with van der Waals surface area (Å²) in [5, 5.41) is 4.02. The number of aryl methyl sites for hydroxylation is 1. The van der Waals surface area contributed by atoms with Gasteiger partial charge >= 0.3 is 0 Å². The molecule has 2 aromatic rings. The molecule has 0 saturated heterocycles. The molecule has 20 heavy (non-hydrogen) atoms. The van der Waals surface area contributed by atoms with Crippen molar-refractivity contribution >= 4 is 11.6 Å². The van der Waals surface area contributed by atoms with Crippen LogP contribution in [0.15, 0.2) is 30.7 Å². The van der Waals surface area contributed by atoms with E-state index >= 15 is 0 Å². The molecule has 2 rings (SSSR count). The van der Waals surface area contributed by atoms with Crippen molar-refractivity contribution in [3.8, 4) is 5.75 Å². The molecule has 0 saturated carbocycles. The highest BCUT2D eigenvalue weighted by Gasteiger charge is 2.07. The average Bonchev–Trinajstić information content (AvgIpc) is 2.91. The van der Waals surface area contributed by atoms with Crippen molar-refractivity contribution in [2.24, 2.45) is 0 Å². The first-order chi connectivity index (χ1) is 9.74. The molecule has 0 bridgehead atoms. The van der Waals surface area contributed by atoms with E-state index in [1.54, 1.807) is 0 Å². The van der Waals surface area contributed by atoms with E-state index in [4.69, 9.17) is 16.3 Å². The second-order valence-corrected chi connectivity index (χ2v) is 4.93. The Balaban J connectivity index is 2.08. The van der Waals surface area contributed by atoms with Crippen LogP contribution in [0.5, 0.6) is 5.75 Å². The number of imidazole rings is 1. The number of hydrogen-bond donors (Lipinski definition) is 1. The minimum Gasteiger partial charge on any atom is -0.487 e. The van der Waals surface area contributed by atoms with Gasteiger partial charge in [0.25, 0.3) is 0 Å². The quantitative estimate of drug-likeness (QED) is 0.852. The lowest BCUT2D eigenvalue weighted by molar-refractivity contribution is 0.291. The Morgan fingerprint density at radius 1 is 1.35 bits per heavy atom. The van der Waals surface area contributed by atoms with Gasteiger partial charge in [0.2, 0.25) is 0 Å². The van der Waals surface area contributed by atoms with E-state index < -0.39 is 0 Å². The molecule has 0 atom stereocenters. The largest absolute Gasteiger partial charge is 0.487 e. The molecule has 1 heterocycles. The van der Waals surface area contributed by atoms with E-state index in [0.717, 1.165) is 41.7 Å². The molecule has 108 valence electrons. The summed E-state index contributed by atoms with van der Waals surface area (Å²) in [5.41, 5.74) is 2.14. The number of halogens is 1. The Morgan fingerprint density at radius 3 is 2.95 bits per heavy atom. The first-order valence-corrected chi connectivity index (χ1v) is 7.23. The summed E-state index contributed by atoms with van der Waals surface area (Å²) in [6.07, 6.45) is 3.66. The third-order valence-corrected chi connectivity index (χ3v) is 3.34. The number of benzene rings is 1. The van der Waals surface area contributed by atoms with E-state index in [1.165, 1.54) is 0 Å². The van der Waals surface area contributed by atoms with Crippen LogP contribution in [-0.4, -0.2) is 16.1 Å². The second-order valence-electron chi connectivity index (χ2n) is 4.49. The summed E-state index contributed by atoms with van der Waals surface area (Å²) in [6.45, 7) is 7.22. The van der Waals surface area contributed by atoms with Crippen molar-refractivity contribution in [2.45, 2.75) is 33.5 Å². The lowest BCUT2D eigenvalue weighted by Crippen LogP contribution is -2.13. The third kappa shape index (κ3) is 3.74. The topological polar surface area (TPSA) is 39.1 Å². The summed E-state index contributed by atoms with van der Waals surface area (Å²) in [6, 6.07) is 5.71. The molecule has 0 amide bonds. The van der Waals surface area contributed by atoms with Gasteiger partial charge < -0.3 is 14.6 Å². The number of nitrogens with zero attached hydrogens (tertiary/aromatic N) is 2. The lowest BCUT2D eigenvalue weighted by Gasteiger charge is -2.13. The highest BCUT2D eigenvalue weighted by molar-refractivity contribution is 6.30. The minimum absolute atomic E-state index is 0.509. The maximum absolute atomic E-state index is 6.05. The molecule has 4 nitrogen and oxygen atoms in total. The number of aromatic nitrogens is 2. The minimum atomic E-state index is 0.509. The monoisotopic (exact) mass is 293 g/mol. The van der Waals surface area contributed by atoms with Crippen LogP contribution in [0, 0.1) is 0 Å². The van der Waals surface area contributed by atoms with Gasteiger partial charge in [-0.3, -0.25) is 0 Å². The van der Waals surface area contributed by atoms with Gasteiger partial charge in [0.05, 0.1) is 18.2 Å². The summed E-state index contributed by atoms with van der Waals surface area (Å²) < 4.78 is 7.99. The van der Waals surface area contributed by atoms with Crippen LogP contribution in [0.2, 0.25) is 5.02 Å². The van der Waals surface area contributed by atoms with Crippen LogP contribution in [0.25, 0.3) is 0 Å². The molecular weight excluding hydrogens is 274 g/mol. The Hall–Kier alpha value is -1.52. The van der Waals surface area contributed by atoms with Crippen LogP contribution in [0.4, 0.5) is 0 Å². The van der Waals surface area contributed by atoms with Crippen LogP contribution in [-0.2, 0) is 19.7 Å². The molecule has 0 fully saturated rings. The van der Waals surface area contributed by atoms with Gasteiger partial charge in [-0.05, 0) is 31.7 Å². The lowest BCUT2D eigenvalue weighted by atomic mass is 10.2. The Morgan fingerprint density at radius 2 is 2.20 bits per heavy atom. The molecule has 5 heteroatoms. The molecule has 0 aliphatic rings. The van der Waals surface area contributed by atoms with E-state index in [0.29, 0.717) is 6.61 Å². The van der Waals surface area contributed by atoms with Crippen LogP contribution in [0.1, 0.15) is 25.1 Å². The van der Waals surface area contributed by atoms with E-state index in [2.05, 4.69) is 28.7 Å². The smallest absolute Gasteiger partial charge is 0.130 e. The van der Waals surface area contributed by atoms with Crippen molar-refractivity contribution in [2.75, 3.05) is 6.54 Å². The molecule has 1 aromatic carbocycles. The third-order valence-electron chi connectivity index (χ3n) is 3.10. The molecule has 0 radical (unpaired) electrons. The van der Waals surface area contributed by atoms with Crippen molar-refractivity contribution in [3.63, 3.8) is 0 Å². The fourth-order valence-electron chi connectivity index (χ4n) is 1.99. The predicted molar refractivity (Wildman–Crippen MR) is 81.1 cm³/mol. The van der Waals surface area contributed by atoms with Gasteiger partial charge in [0.1, 0.15) is 12.4 Å². The molecular formula is C15H20ClN3O. The summed E-state index contributed by atoms with van der Waals surface area (Å²) >= 11 is 6.05. The number of ether oxygens (including phenoxy) is 1. The normalized spacial score (nSPS) is 10.8. The first-order valence-electron chi connectivity index (χ1n) is 6.85. The van der Waals surface area contributed by atoms with E-state index in [1.807, 2.05) is 30.7 Å². The number of rotatable bonds is 7. The maximum Gasteiger partial charge on any atom is 0.130 e. The highest BCUT2D eigenvalue weighted by Crippen LogP contribution is 2.23. The zero-order valence-corrected chi connectivity index (χ0v) is 12.7. The molecule has 0 spiro atoms. The van der Waals surface area contributed by atoms with Gasteiger partial charge in [0, 0.05) is 23.7 Å². The highest BCUT2D eigenvalue weighted by atomic mass is 35.5. The number of hydrogen-bond acceptors (Lipinski definition) is 3. The Labute approximate surface area is 124 Å². The SMILES string of the molecule is CCNCc1cc(Cl)ccc1OCc1cncn1CC.